The molecule has 3 rings (SSSR count). The molecule has 1 atom stereocenters. The van der Waals surface area contributed by atoms with E-state index < -0.39 is 0 Å². The standard InChI is InChI=1S/C26H25NO/c27-19-24-10-5-11-26(18-24)25-16-14-22(15-17-25)12-13-23(20-28)9-4-8-21-6-2-1-3-7-21/h1-3,5-7,10-11,14-18,20,23H,4,8-9,12-13H2. The van der Waals surface area contributed by atoms with E-state index in [0.717, 1.165) is 49.5 Å². The number of rotatable bonds is 9. The second-order valence-corrected chi connectivity index (χ2v) is 7.20. The summed E-state index contributed by atoms with van der Waals surface area (Å²) in [6.45, 7) is 0. The van der Waals surface area contributed by atoms with Gasteiger partial charge < -0.3 is 4.79 Å². The van der Waals surface area contributed by atoms with Gasteiger partial charge in [-0.2, -0.15) is 5.26 Å². The van der Waals surface area contributed by atoms with Gasteiger partial charge in [-0.15, -0.1) is 0 Å². The van der Waals surface area contributed by atoms with Gasteiger partial charge in [0.15, 0.2) is 0 Å². The second kappa shape index (κ2) is 10.2. The van der Waals surface area contributed by atoms with Crippen LogP contribution in [0, 0.1) is 17.2 Å². The Kier molecular flexibility index (Phi) is 7.15. The van der Waals surface area contributed by atoms with Crippen LogP contribution in [0.1, 0.15) is 36.0 Å². The summed E-state index contributed by atoms with van der Waals surface area (Å²) in [5, 5.41) is 9.05. The van der Waals surface area contributed by atoms with E-state index in [9.17, 15) is 4.79 Å². The van der Waals surface area contributed by atoms with Gasteiger partial charge in [0.1, 0.15) is 6.29 Å². The van der Waals surface area contributed by atoms with Crippen molar-refractivity contribution in [2.45, 2.75) is 32.1 Å². The fraction of sp³-hybridized carbons (Fsp3) is 0.231. The summed E-state index contributed by atoms with van der Waals surface area (Å²) in [5.41, 5.74) is 5.41. The van der Waals surface area contributed by atoms with E-state index in [1.807, 2.05) is 30.3 Å². The Bertz CT molecular complexity index is 923. The van der Waals surface area contributed by atoms with E-state index in [1.54, 1.807) is 0 Å². The van der Waals surface area contributed by atoms with Crippen LogP contribution < -0.4 is 0 Å². The highest BCUT2D eigenvalue weighted by molar-refractivity contribution is 5.65. The number of hydrogen-bond acceptors (Lipinski definition) is 2. The molecule has 0 bridgehead atoms. The van der Waals surface area contributed by atoms with Crippen LogP contribution >= 0.6 is 0 Å². The molecule has 3 aromatic rings. The normalized spacial score (nSPS) is 11.5. The lowest BCUT2D eigenvalue weighted by molar-refractivity contribution is -0.111. The molecule has 0 saturated carbocycles. The van der Waals surface area contributed by atoms with E-state index in [0.29, 0.717) is 5.56 Å². The highest BCUT2D eigenvalue weighted by Crippen LogP contribution is 2.22. The van der Waals surface area contributed by atoms with Crippen LogP contribution in [0.25, 0.3) is 11.1 Å². The summed E-state index contributed by atoms with van der Waals surface area (Å²) in [7, 11) is 0. The van der Waals surface area contributed by atoms with Crippen LogP contribution in [0.5, 0.6) is 0 Å². The smallest absolute Gasteiger partial charge is 0.123 e. The van der Waals surface area contributed by atoms with Crippen molar-refractivity contribution in [3.63, 3.8) is 0 Å². The Morgan fingerprint density at radius 2 is 1.54 bits per heavy atom. The molecule has 0 amide bonds. The number of carbonyl (C=O) groups is 1. The zero-order valence-corrected chi connectivity index (χ0v) is 16.1. The average molecular weight is 367 g/mol. The van der Waals surface area contributed by atoms with Gasteiger partial charge >= 0.3 is 0 Å². The van der Waals surface area contributed by atoms with E-state index >= 15 is 0 Å². The zero-order chi connectivity index (χ0) is 19.6. The highest BCUT2D eigenvalue weighted by Gasteiger charge is 2.08. The third kappa shape index (κ3) is 5.66. The summed E-state index contributed by atoms with van der Waals surface area (Å²) < 4.78 is 0. The van der Waals surface area contributed by atoms with Gasteiger partial charge in [0.2, 0.25) is 0 Å². The van der Waals surface area contributed by atoms with Crippen LogP contribution in [0.15, 0.2) is 78.9 Å². The molecule has 1 unspecified atom stereocenters. The first-order valence-electron chi connectivity index (χ1n) is 9.87. The molecule has 0 N–H and O–H groups in total. The van der Waals surface area contributed by atoms with Crippen molar-refractivity contribution in [1.82, 2.24) is 0 Å². The molecule has 2 nitrogen and oxygen atoms in total. The van der Waals surface area contributed by atoms with Crippen molar-refractivity contribution in [1.29, 1.82) is 5.26 Å². The Morgan fingerprint density at radius 3 is 2.25 bits per heavy atom. The van der Waals surface area contributed by atoms with Crippen LogP contribution in [0.2, 0.25) is 0 Å². The van der Waals surface area contributed by atoms with E-state index in [4.69, 9.17) is 5.26 Å². The number of benzene rings is 3. The topological polar surface area (TPSA) is 40.9 Å². The van der Waals surface area contributed by atoms with Crippen molar-refractivity contribution in [3.8, 4) is 17.2 Å². The third-order valence-electron chi connectivity index (χ3n) is 5.16. The minimum Gasteiger partial charge on any atom is -0.303 e. The molecular formula is C26H25NO. The lowest BCUT2D eigenvalue weighted by Crippen LogP contribution is -2.04. The fourth-order valence-electron chi connectivity index (χ4n) is 3.48. The van der Waals surface area contributed by atoms with Crippen molar-refractivity contribution in [3.05, 3.63) is 95.6 Å². The maximum Gasteiger partial charge on any atom is 0.123 e. The number of nitriles is 1. The van der Waals surface area contributed by atoms with Crippen molar-refractivity contribution < 1.29 is 4.79 Å². The molecule has 3 aromatic carbocycles. The molecule has 140 valence electrons. The summed E-state index contributed by atoms with van der Waals surface area (Å²) in [6.07, 6.45) is 5.93. The largest absolute Gasteiger partial charge is 0.303 e. The summed E-state index contributed by atoms with van der Waals surface area (Å²) in [4.78, 5) is 11.4. The van der Waals surface area contributed by atoms with Gasteiger partial charge in [-0.05, 0) is 66.5 Å². The van der Waals surface area contributed by atoms with Crippen LogP contribution in [0.3, 0.4) is 0 Å². The number of nitrogens with zero attached hydrogens (tertiary/aromatic N) is 1. The average Bonchev–Trinajstić information content (AvgIpc) is 2.77. The molecule has 0 radical (unpaired) electrons. The summed E-state index contributed by atoms with van der Waals surface area (Å²) in [6, 6.07) is 28.7. The lowest BCUT2D eigenvalue weighted by atomic mass is 9.94. The highest BCUT2D eigenvalue weighted by atomic mass is 16.1. The van der Waals surface area contributed by atoms with E-state index in [2.05, 4.69) is 54.6 Å². The SMILES string of the molecule is N#Cc1cccc(-c2ccc(CCC(C=O)CCCc3ccccc3)cc2)c1. The fourth-order valence-corrected chi connectivity index (χ4v) is 3.48. The quantitative estimate of drug-likeness (QED) is 0.435. The van der Waals surface area contributed by atoms with Gasteiger partial charge in [-0.3, -0.25) is 0 Å². The number of aldehydes is 1. The van der Waals surface area contributed by atoms with Gasteiger partial charge in [-0.25, -0.2) is 0 Å². The first kappa shape index (κ1) is 19.6. The lowest BCUT2D eigenvalue weighted by Gasteiger charge is -2.11. The van der Waals surface area contributed by atoms with E-state index in [-0.39, 0.29) is 5.92 Å². The molecule has 28 heavy (non-hydrogen) atoms. The maximum atomic E-state index is 11.4. The molecule has 0 saturated heterocycles. The monoisotopic (exact) mass is 367 g/mol. The van der Waals surface area contributed by atoms with Gasteiger partial charge in [0.05, 0.1) is 11.6 Å². The van der Waals surface area contributed by atoms with Gasteiger partial charge in [-0.1, -0.05) is 66.7 Å². The molecule has 2 heteroatoms. The first-order valence-corrected chi connectivity index (χ1v) is 9.87. The minimum atomic E-state index is 0.121. The molecule has 0 heterocycles. The number of hydrogen-bond donors (Lipinski definition) is 0. The Hall–Kier alpha value is -3.18. The minimum absolute atomic E-state index is 0.121. The van der Waals surface area contributed by atoms with Crippen molar-refractivity contribution in [2.24, 2.45) is 5.92 Å². The summed E-state index contributed by atoms with van der Waals surface area (Å²) in [5.74, 6) is 0.121. The van der Waals surface area contributed by atoms with Crippen LogP contribution in [0.4, 0.5) is 0 Å². The predicted molar refractivity (Wildman–Crippen MR) is 114 cm³/mol. The number of carbonyl (C=O) groups excluding carboxylic acids is 1. The zero-order valence-electron chi connectivity index (χ0n) is 16.1. The molecule has 0 aromatic heterocycles. The Labute approximate surface area is 167 Å². The van der Waals surface area contributed by atoms with Crippen molar-refractivity contribution >= 4 is 6.29 Å². The number of aryl methyl sites for hydroxylation is 2. The third-order valence-corrected chi connectivity index (χ3v) is 5.16. The Balaban J connectivity index is 1.50. The van der Waals surface area contributed by atoms with Gasteiger partial charge in [0.25, 0.3) is 0 Å². The predicted octanol–water partition coefficient (Wildman–Crippen LogP) is 6.00. The molecule has 0 aliphatic rings. The molecule has 0 aliphatic heterocycles. The summed E-state index contributed by atoms with van der Waals surface area (Å²) >= 11 is 0. The molecule has 0 spiro atoms. The molecular weight excluding hydrogens is 342 g/mol. The van der Waals surface area contributed by atoms with E-state index in [1.165, 1.54) is 11.1 Å². The van der Waals surface area contributed by atoms with Crippen LogP contribution in [-0.4, -0.2) is 6.29 Å². The Morgan fingerprint density at radius 1 is 0.786 bits per heavy atom. The maximum absolute atomic E-state index is 11.4. The first-order chi connectivity index (χ1) is 13.8. The van der Waals surface area contributed by atoms with Gasteiger partial charge in [0, 0.05) is 5.92 Å². The molecule has 0 fully saturated rings. The van der Waals surface area contributed by atoms with Crippen molar-refractivity contribution in [2.75, 3.05) is 0 Å². The second-order valence-electron chi connectivity index (χ2n) is 7.20. The van der Waals surface area contributed by atoms with Crippen LogP contribution in [-0.2, 0) is 17.6 Å². The molecule has 0 aliphatic carbocycles.